The van der Waals surface area contributed by atoms with Crippen molar-refractivity contribution >= 4 is 35.3 Å². The number of ether oxygens (including phenoxy) is 1. The molecule has 0 heterocycles. The summed E-state index contributed by atoms with van der Waals surface area (Å²) in [5.74, 6) is -0.650. The van der Waals surface area contributed by atoms with E-state index >= 15 is 0 Å². The number of rotatable bonds is 8. The number of carbonyl (C=O) groups is 2. The van der Waals surface area contributed by atoms with Gasteiger partial charge in [0.1, 0.15) is 0 Å². The topological polar surface area (TPSA) is 43.4 Å². The van der Waals surface area contributed by atoms with Crippen LogP contribution in [0.25, 0.3) is 0 Å². The Kier molecular flexibility index (Phi) is 6.94. The van der Waals surface area contributed by atoms with E-state index in [4.69, 9.17) is 4.74 Å². The Balaban J connectivity index is 2.46. The number of thioether (sulfide) groups is 2. The SMILES string of the molecule is CCOC(=O)C(Sc1ccccc1)(Sc1ccccc1)C(=O)CC. The minimum absolute atomic E-state index is 0.149. The molecule has 0 aliphatic heterocycles. The van der Waals surface area contributed by atoms with Gasteiger partial charge in [0.2, 0.25) is 4.08 Å². The van der Waals surface area contributed by atoms with Crippen molar-refractivity contribution in [3.8, 4) is 0 Å². The number of esters is 1. The van der Waals surface area contributed by atoms with E-state index < -0.39 is 10.0 Å². The number of ketones is 1. The minimum Gasteiger partial charge on any atom is -0.464 e. The van der Waals surface area contributed by atoms with Gasteiger partial charge >= 0.3 is 5.97 Å². The zero-order valence-corrected chi connectivity index (χ0v) is 15.4. The highest BCUT2D eigenvalue weighted by Gasteiger charge is 2.48. The number of hydrogen-bond acceptors (Lipinski definition) is 5. The first-order chi connectivity index (χ1) is 11.6. The molecule has 0 aromatic heterocycles. The Hall–Kier alpha value is -1.72. The van der Waals surface area contributed by atoms with Gasteiger partial charge in [0.25, 0.3) is 0 Å². The number of benzene rings is 2. The molecule has 0 bridgehead atoms. The molecular formula is C19H20O3S2. The largest absolute Gasteiger partial charge is 0.464 e. The van der Waals surface area contributed by atoms with Crippen molar-refractivity contribution in [2.75, 3.05) is 6.61 Å². The second-order valence-corrected chi connectivity index (χ2v) is 7.78. The van der Waals surface area contributed by atoms with Crippen molar-refractivity contribution in [2.45, 2.75) is 34.1 Å². The van der Waals surface area contributed by atoms with E-state index in [9.17, 15) is 9.59 Å². The van der Waals surface area contributed by atoms with E-state index in [-0.39, 0.29) is 18.8 Å². The molecule has 2 aromatic carbocycles. The Morgan fingerprint density at radius 3 is 1.71 bits per heavy atom. The van der Waals surface area contributed by atoms with Crippen LogP contribution in [0, 0.1) is 0 Å². The molecule has 24 heavy (non-hydrogen) atoms. The van der Waals surface area contributed by atoms with Crippen LogP contribution in [-0.2, 0) is 14.3 Å². The summed E-state index contributed by atoms with van der Waals surface area (Å²) in [6.07, 6.45) is 0.262. The van der Waals surface area contributed by atoms with Gasteiger partial charge < -0.3 is 4.74 Å². The molecule has 3 nitrogen and oxygen atoms in total. The molecule has 0 aliphatic rings. The van der Waals surface area contributed by atoms with E-state index in [1.165, 1.54) is 23.5 Å². The smallest absolute Gasteiger partial charge is 0.341 e. The second-order valence-electron chi connectivity index (χ2n) is 4.94. The molecule has 0 unspecified atom stereocenters. The quantitative estimate of drug-likeness (QED) is 0.292. The van der Waals surface area contributed by atoms with Gasteiger partial charge in [-0.05, 0) is 31.2 Å². The van der Waals surface area contributed by atoms with Crippen LogP contribution in [0.15, 0.2) is 70.5 Å². The first-order valence-corrected chi connectivity index (χ1v) is 9.44. The van der Waals surface area contributed by atoms with Gasteiger partial charge in [0.15, 0.2) is 5.78 Å². The Labute approximate surface area is 151 Å². The third kappa shape index (κ3) is 4.42. The molecule has 0 atom stereocenters. The first-order valence-electron chi connectivity index (χ1n) is 7.81. The Morgan fingerprint density at radius 1 is 0.875 bits per heavy atom. The monoisotopic (exact) mass is 360 g/mol. The molecule has 0 aliphatic carbocycles. The lowest BCUT2D eigenvalue weighted by molar-refractivity contribution is -0.145. The predicted octanol–water partition coefficient (Wildman–Crippen LogP) is 4.81. The van der Waals surface area contributed by atoms with Crippen molar-refractivity contribution in [2.24, 2.45) is 0 Å². The summed E-state index contributed by atoms with van der Waals surface area (Å²) in [4.78, 5) is 27.3. The van der Waals surface area contributed by atoms with Crippen LogP contribution in [0.3, 0.4) is 0 Å². The Bertz CT molecular complexity index is 630. The molecule has 0 saturated heterocycles. The summed E-state index contributed by atoms with van der Waals surface area (Å²) in [7, 11) is 0. The van der Waals surface area contributed by atoms with Crippen LogP contribution in [0.2, 0.25) is 0 Å². The van der Waals surface area contributed by atoms with E-state index in [1.807, 2.05) is 60.7 Å². The minimum atomic E-state index is -1.34. The lowest BCUT2D eigenvalue weighted by atomic mass is 10.2. The average Bonchev–Trinajstić information content (AvgIpc) is 2.62. The maximum Gasteiger partial charge on any atom is 0.341 e. The maximum absolute atomic E-state index is 12.8. The third-order valence-corrected chi connectivity index (χ3v) is 6.12. The van der Waals surface area contributed by atoms with Crippen molar-refractivity contribution in [3.63, 3.8) is 0 Å². The van der Waals surface area contributed by atoms with Crippen molar-refractivity contribution < 1.29 is 14.3 Å². The highest BCUT2D eigenvalue weighted by atomic mass is 32.2. The molecule has 0 amide bonds. The van der Waals surface area contributed by atoms with Crippen LogP contribution < -0.4 is 0 Å². The molecule has 0 saturated carbocycles. The van der Waals surface area contributed by atoms with Crippen LogP contribution in [0.4, 0.5) is 0 Å². The third-order valence-electron chi connectivity index (χ3n) is 3.24. The van der Waals surface area contributed by atoms with Gasteiger partial charge in [-0.1, -0.05) is 66.8 Å². The fourth-order valence-electron chi connectivity index (χ4n) is 2.10. The first kappa shape index (κ1) is 18.6. The van der Waals surface area contributed by atoms with E-state index in [1.54, 1.807) is 13.8 Å². The van der Waals surface area contributed by atoms with Gasteiger partial charge in [-0.15, -0.1) is 0 Å². The molecule has 5 heteroatoms. The fraction of sp³-hybridized carbons (Fsp3) is 0.263. The van der Waals surface area contributed by atoms with Gasteiger partial charge in [0.05, 0.1) is 6.61 Å². The number of Topliss-reactive ketones (excluding diaryl/α,β-unsaturated/α-hetero) is 1. The molecular weight excluding hydrogens is 340 g/mol. The van der Waals surface area contributed by atoms with Gasteiger partial charge in [0, 0.05) is 16.2 Å². The standard InChI is InChI=1S/C19H20O3S2/c1-3-17(20)19(18(21)22-4-2,23-15-11-7-5-8-12-15)24-16-13-9-6-10-14-16/h5-14H,3-4H2,1-2H3. The van der Waals surface area contributed by atoms with E-state index in [0.717, 1.165) is 9.79 Å². The van der Waals surface area contributed by atoms with Crippen molar-refractivity contribution in [1.82, 2.24) is 0 Å². The summed E-state index contributed by atoms with van der Waals surface area (Å²) in [5.41, 5.74) is 0. The zero-order chi connectivity index (χ0) is 17.4. The molecule has 126 valence electrons. The van der Waals surface area contributed by atoms with Crippen molar-refractivity contribution in [3.05, 3.63) is 60.7 Å². The summed E-state index contributed by atoms with van der Waals surface area (Å²) >= 11 is 2.50. The van der Waals surface area contributed by atoms with E-state index in [2.05, 4.69) is 0 Å². The van der Waals surface area contributed by atoms with E-state index in [0.29, 0.717) is 0 Å². The lowest BCUT2D eigenvalue weighted by Crippen LogP contribution is -2.41. The lowest BCUT2D eigenvalue weighted by Gasteiger charge is -2.28. The molecule has 0 spiro atoms. The number of hydrogen-bond donors (Lipinski definition) is 0. The van der Waals surface area contributed by atoms with Crippen LogP contribution in [0.5, 0.6) is 0 Å². The molecule has 0 fully saturated rings. The summed E-state index contributed by atoms with van der Waals surface area (Å²) in [6, 6.07) is 19.0. The predicted molar refractivity (Wildman–Crippen MR) is 99.3 cm³/mol. The summed E-state index contributed by atoms with van der Waals surface area (Å²) in [5, 5.41) is 0. The highest BCUT2D eigenvalue weighted by molar-refractivity contribution is 8.20. The molecule has 0 radical (unpaired) electrons. The van der Waals surface area contributed by atoms with Gasteiger partial charge in [-0.3, -0.25) is 4.79 Å². The van der Waals surface area contributed by atoms with Gasteiger partial charge in [-0.2, -0.15) is 0 Å². The summed E-state index contributed by atoms with van der Waals surface area (Å²) < 4.78 is 3.93. The highest BCUT2D eigenvalue weighted by Crippen LogP contribution is 2.47. The maximum atomic E-state index is 12.8. The fourth-order valence-corrected chi connectivity index (χ4v) is 4.89. The normalized spacial score (nSPS) is 11.1. The molecule has 2 aromatic rings. The van der Waals surface area contributed by atoms with Crippen LogP contribution >= 0.6 is 23.5 Å². The average molecular weight is 361 g/mol. The summed E-state index contributed by atoms with van der Waals surface area (Å²) in [6.45, 7) is 3.76. The van der Waals surface area contributed by atoms with Gasteiger partial charge in [-0.25, -0.2) is 4.79 Å². The zero-order valence-electron chi connectivity index (χ0n) is 13.7. The van der Waals surface area contributed by atoms with Crippen LogP contribution in [-0.4, -0.2) is 22.4 Å². The van der Waals surface area contributed by atoms with Crippen molar-refractivity contribution in [1.29, 1.82) is 0 Å². The molecule has 2 rings (SSSR count). The number of carbonyl (C=O) groups excluding carboxylic acids is 2. The second kappa shape index (κ2) is 8.94. The van der Waals surface area contributed by atoms with Crippen LogP contribution in [0.1, 0.15) is 20.3 Å². The Morgan fingerprint density at radius 2 is 1.33 bits per heavy atom. The molecule has 0 N–H and O–H groups in total.